The van der Waals surface area contributed by atoms with Crippen molar-refractivity contribution in [2.45, 2.75) is 26.4 Å². The summed E-state index contributed by atoms with van der Waals surface area (Å²) in [6, 6.07) is 1.41. The van der Waals surface area contributed by atoms with Crippen LogP contribution in [-0.4, -0.2) is 21.0 Å². The van der Waals surface area contributed by atoms with Gasteiger partial charge in [-0.3, -0.25) is 4.98 Å². The van der Waals surface area contributed by atoms with Crippen molar-refractivity contribution in [1.82, 2.24) is 9.97 Å². The summed E-state index contributed by atoms with van der Waals surface area (Å²) in [5.41, 5.74) is 0.906. The average molecular weight is 278 g/mol. The molecule has 0 aliphatic rings. The highest BCUT2D eigenvalue weighted by Crippen LogP contribution is 2.21. The van der Waals surface area contributed by atoms with Crippen LogP contribution in [0.15, 0.2) is 23.8 Å². The lowest BCUT2D eigenvalue weighted by atomic mass is 10.2. The lowest BCUT2D eigenvalue weighted by molar-refractivity contribution is 0.0691. The van der Waals surface area contributed by atoms with E-state index in [1.54, 1.807) is 11.3 Å². The van der Waals surface area contributed by atoms with Crippen LogP contribution in [0.5, 0.6) is 5.75 Å². The fourth-order valence-corrected chi connectivity index (χ4v) is 2.30. The zero-order chi connectivity index (χ0) is 13.8. The number of pyridine rings is 1. The van der Waals surface area contributed by atoms with Crippen LogP contribution in [0.25, 0.3) is 0 Å². The fourth-order valence-electron chi connectivity index (χ4n) is 1.48. The van der Waals surface area contributed by atoms with E-state index in [1.807, 2.05) is 5.38 Å². The Balaban J connectivity index is 2.08. The van der Waals surface area contributed by atoms with Gasteiger partial charge in [-0.1, -0.05) is 13.8 Å². The van der Waals surface area contributed by atoms with Crippen LogP contribution in [0, 0.1) is 0 Å². The molecular weight excluding hydrogens is 264 g/mol. The first-order valence-corrected chi connectivity index (χ1v) is 6.70. The zero-order valence-corrected chi connectivity index (χ0v) is 11.5. The Kier molecular flexibility index (Phi) is 4.11. The monoisotopic (exact) mass is 278 g/mol. The highest BCUT2D eigenvalue weighted by atomic mass is 32.1. The molecule has 19 heavy (non-hydrogen) atoms. The van der Waals surface area contributed by atoms with Crippen molar-refractivity contribution >= 4 is 17.3 Å². The summed E-state index contributed by atoms with van der Waals surface area (Å²) in [4.78, 5) is 19.3. The van der Waals surface area contributed by atoms with Gasteiger partial charge in [0, 0.05) is 17.5 Å². The molecule has 0 atom stereocenters. The van der Waals surface area contributed by atoms with Gasteiger partial charge in [-0.05, 0) is 6.07 Å². The number of carbonyl (C=O) groups is 1. The van der Waals surface area contributed by atoms with Gasteiger partial charge in [0.05, 0.1) is 16.9 Å². The molecule has 2 aromatic heterocycles. The first-order chi connectivity index (χ1) is 9.08. The Morgan fingerprint density at radius 3 is 2.95 bits per heavy atom. The first-order valence-electron chi connectivity index (χ1n) is 5.82. The predicted octanol–water partition coefficient (Wildman–Crippen LogP) is 2.94. The number of aromatic carboxylic acids is 1. The van der Waals surface area contributed by atoms with Crippen LogP contribution in [0.1, 0.15) is 40.8 Å². The molecule has 2 heterocycles. The molecule has 0 bridgehead atoms. The Hall–Kier alpha value is -1.95. The molecule has 0 spiro atoms. The number of thiazole rings is 1. The summed E-state index contributed by atoms with van der Waals surface area (Å²) >= 11 is 1.58. The maximum Gasteiger partial charge on any atom is 0.339 e. The van der Waals surface area contributed by atoms with Crippen LogP contribution in [0.4, 0.5) is 0 Å². The number of rotatable bonds is 5. The van der Waals surface area contributed by atoms with Crippen LogP contribution in [-0.2, 0) is 6.61 Å². The van der Waals surface area contributed by atoms with Crippen molar-refractivity contribution in [3.8, 4) is 5.75 Å². The normalized spacial score (nSPS) is 10.7. The Morgan fingerprint density at radius 1 is 1.53 bits per heavy atom. The smallest absolute Gasteiger partial charge is 0.339 e. The zero-order valence-electron chi connectivity index (χ0n) is 10.7. The molecule has 100 valence electrons. The van der Waals surface area contributed by atoms with Gasteiger partial charge in [0.1, 0.15) is 12.2 Å². The van der Waals surface area contributed by atoms with Gasteiger partial charge in [0.25, 0.3) is 0 Å². The summed E-state index contributed by atoms with van der Waals surface area (Å²) in [5, 5.41) is 12.0. The number of carboxylic acids is 1. The first kappa shape index (κ1) is 13.5. The molecule has 0 aromatic carbocycles. The average Bonchev–Trinajstić information content (AvgIpc) is 2.85. The molecule has 0 radical (unpaired) electrons. The molecule has 0 fully saturated rings. The maximum absolute atomic E-state index is 11.0. The lowest BCUT2D eigenvalue weighted by Gasteiger charge is -2.06. The summed E-state index contributed by atoms with van der Waals surface area (Å²) in [7, 11) is 0. The molecule has 6 heteroatoms. The molecule has 2 rings (SSSR count). The van der Waals surface area contributed by atoms with Crippen molar-refractivity contribution in [3.63, 3.8) is 0 Å². The molecule has 0 saturated carbocycles. The van der Waals surface area contributed by atoms with Crippen LogP contribution >= 0.6 is 11.3 Å². The largest absolute Gasteiger partial charge is 0.485 e. The van der Waals surface area contributed by atoms with E-state index < -0.39 is 5.97 Å². The van der Waals surface area contributed by atoms with Gasteiger partial charge >= 0.3 is 5.97 Å². The van der Waals surface area contributed by atoms with Crippen molar-refractivity contribution in [3.05, 3.63) is 40.1 Å². The Morgan fingerprint density at radius 2 is 2.32 bits per heavy atom. The van der Waals surface area contributed by atoms with Crippen LogP contribution in [0.3, 0.4) is 0 Å². The van der Waals surface area contributed by atoms with E-state index >= 15 is 0 Å². The number of aromatic nitrogens is 2. The van der Waals surface area contributed by atoms with E-state index in [2.05, 4.69) is 23.8 Å². The minimum atomic E-state index is -1.03. The second-order valence-corrected chi connectivity index (χ2v) is 5.19. The third-order valence-electron chi connectivity index (χ3n) is 2.45. The molecule has 0 saturated heterocycles. The highest BCUT2D eigenvalue weighted by Gasteiger charge is 2.12. The minimum absolute atomic E-state index is 0.106. The highest BCUT2D eigenvalue weighted by molar-refractivity contribution is 7.09. The summed E-state index contributed by atoms with van der Waals surface area (Å²) in [6.45, 7) is 4.40. The van der Waals surface area contributed by atoms with Gasteiger partial charge in [-0.15, -0.1) is 11.3 Å². The van der Waals surface area contributed by atoms with Gasteiger partial charge in [0.2, 0.25) is 0 Å². The molecular formula is C13H14N2O3S. The molecule has 5 nitrogen and oxygen atoms in total. The second-order valence-electron chi connectivity index (χ2n) is 4.30. The summed E-state index contributed by atoms with van der Waals surface area (Å²) in [6.07, 6.45) is 2.83. The Labute approximate surface area is 114 Å². The second kappa shape index (κ2) is 5.79. The van der Waals surface area contributed by atoms with Gasteiger partial charge < -0.3 is 9.84 Å². The number of hydrogen-bond acceptors (Lipinski definition) is 5. The van der Waals surface area contributed by atoms with Crippen molar-refractivity contribution in [1.29, 1.82) is 0 Å². The third-order valence-corrected chi connectivity index (χ3v) is 3.65. The quantitative estimate of drug-likeness (QED) is 0.910. The van der Waals surface area contributed by atoms with Gasteiger partial charge in [0.15, 0.2) is 5.75 Å². The van der Waals surface area contributed by atoms with E-state index in [0.717, 1.165) is 10.7 Å². The van der Waals surface area contributed by atoms with Crippen LogP contribution in [0.2, 0.25) is 0 Å². The molecule has 0 aliphatic carbocycles. The number of nitrogens with zero attached hydrogens (tertiary/aromatic N) is 2. The summed E-state index contributed by atoms with van der Waals surface area (Å²) in [5.74, 6) is -0.389. The van der Waals surface area contributed by atoms with E-state index in [1.165, 1.54) is 18.5 Å². The van der Waals surface area contributed by atoms with Gasteiger partial charge in [-0.2, -0.15) is 0 Å². The minimum Gasteiger partial charge on any atom is -0.485 e. The Bertz CT molecular complexity index is 581. The van der Waals surface area contributed by atoms with E-state index in [0.29, 0.717) is 5.92 Å². The predicted molar refractivity (Wildman–Crippen MR) is 71.7 cm³/mol. The standard InChI is InChI=1S/C13H14N2O3S/c1-8(2)12-15-9(7-19-12)6-18-11-5-14-4-3-10(11)13(16)17/h3-5,7-8H,6H2,1-2H3,(H,16,17). The van der Waals surface area contributed by atoms with E-state index in [-0.39, 0.29) is 17.9 Å². The molecule has 0 aliphatic heterocycles. The molecule has 2 aromatic rings. The maximum atomic E-state index is 11.0. The van der Waals surface area contributed by atoms with Crippen molar-refractivity contribution in [2.75, 3.05) is 0 Å². The SMILES string of the molecule is CC(C)c1nc(COc2cnccc2C(=O)O)cs1. The van der Waals surface area contributed by atoms with Crippen LogP contribution < -0.4 is 4.74 Å². The number of ether oxygens (including phenoxy) is 1. The fraction of sp³-hybridized carbons (Fsp3) is 0.308. The van der Waals surface area contributed by atoms with Crippen molar-refractivity contribution < 1.29 is 14.6 Å². The lowest BCUT2D eigenvalue weighted by Crippen LogP contribution is -2.04. The van der Waals surface area contributed by atoms with Gasteiger partial charge in [-0.25, -0.2) is 9.78 Å². The topological polar surface area (TPSA) is 72.3 Å². The van der Waals surface area contributed by atoms with Crippen molar-refractivity contribution in [2.24, 2.45) is 0 Å². The molecule has 1 N–H and O–H groups in total. The third kappa shape index (κ3) is 3.29. The summed E-state index contributed by atoms with van der Waals surface area (Å²) < 4.78 is 5.48. The number of carboxylic acid groups (broad SMARTS) is 1. The molecule has 0 amide bonds. The number of hydrogen-bond donors (Lipinski definition) is 1. The van der Waals surface area contributed by atoms with E-state index in [9.17, 15) is 4.79 Å². The molecule has 0 unspecified atom stereocenters. The van der Waals surface area contributed by atoms with E-state index in [4.69, 9.17) is 9.84 Å².